The molecule has 2 aromatic carbocycles. The molecular formula is C29H38F3N3O2. The topological polar surface area (TPSA) is 44.8 Å². The highest BCUT2D eigenvalue weighted by molar-refractivity contribution is 5.94. The molecule has 0 spiro atoms. The van der Waals surface area contributed by atoms with Gasteiger partial charge in [0.15, 0.2) is 0 Å². The van der Waals surface area contributed by atoms with Crippen LogP contribution < -0.4 is 10.1 Å². The Bertz CT molecular complexity index is 1060. The standard InChI is InChI=1S/C29H38F3N3O2/c1-20-21(2)27(37-19-14-33-25-6-4-5-7-25)13-12-26(20)22(3)34-15-17-35(18-16-34)28(36)23-8-10-24(11-9-23)29(30,31)32/h8-13,22,25,33H,4-7,14-19H2,1-3H3. The van der Waals surface area contributed by atoms with Crippen molar-refractivity contribution >= 4 is 5.91 Å². The molecule has 1 saturated heterocycles. The van der Waals surface area contributed by atoms with E-state index in [0.29, 0.717) is 38.8 Å². The maximum absolute atomic E-state index is 12.8. The summed E-state index contributed by atoms with van der Waals surface area (Å²) in [5, 5.41) is 3.58. The summed E-state index contributed by atoms with van der Waals surface area (Å²) in [5.74, 6) is 0.700. The number of carbonyl (C=O) groups excluding carboxylic acids is 1. The average molecular weight is 518 g/mol. The summed E-state index contributed by atoms with van der Waals surface area (Å²) in [4.78, 5) is 16.9. The van der Waals surface area contributed by atoms with E-state index in [2.05, 4.69) is 43.1 Å². The van der Waals surface area contributed by atoms with Crippen molar-refractivity contribution in [3.8, 4) is 5.75 Å². The maximum atomic E-state index is 12.8. The molecule has 1 saturated carbocycles. The maximum Gasteiger partial charge on any atom is 0.416 e. The van der Waals surface area contributed by atoms with E-state index in [0.717, 1.165) is 30.0 Å². The SMILES string of the molecule is Cc1c(OCCNC2CCCC2)ccc(C(C)N2CCN(C(=O)c3ccc(C(F)(F)F)cc3)CC2)c1C. The number of rotatable bonds is 8. The van der Waals surface area contributed by atoms with Crippen molar-refractivity contribution in [2.45, 2.75) is 64.7 Å². The van der Waals surface area contributed by atoms with Gasteiger partial charge in [0.05, 0.1) is 5.56 Å². The van der Waals surface area contributed by atoms with Crippen molar-refractivity contribution in [3.63, 3.8) is 0 Å². The normalized spacial score (nSPS) is 18.3. The Balaban J connectivity index is 1.30. The van der Waals surface area contributed by atoms with Crippen LogP contribution in [0, 0.1) is 13.8 Å². The van der Waals surface area contributed by atoms with Crippen LogP contribution in [-0.4, -0.2) is 61.1 Å². The fraction of sp³-hybridized carbons (Fsp3) is 0.552. The Morgan fingerprint density at radius 1 is 1.00 bits per heavy atom. The molecule has 0 bridgehead atoms. The fourth-order valence-corrected chi connectivity index (χ4v) is 5.47. The molecule has 2 fully saturated rings. The molecule has 37 heavy (non-hydrogen) atoms. The van der Waals surface area contributed by atoms with Crippen molar-refractivity contribution < 1.29 is 22.7 Å². The van der Waals surface area contributed by atoms with Crippen molar-refractivity contribution in [1.82, 2.24) is 15.1 Å². The molecule has 1 amide bonds. The van der Waals surface area contributed by atoms with E-state index in [4.69, 9.17) is 4.74 Å². The van der Waals surface area contributed by atoms with Gasteiger partial charge in [-0.1, -0.05) is 18.9 Å². The van der Waals surface area contributed by atoms with Gasteiger partial charge in [-0.05, 0) is 80.6 Å². The molecule has 1 aliphatic heterocycles. The van der Waals surface area contributed by atoms with Gasteiger partial charge >= 0.3 is 6.18 Å². The van der Waals surface area contributed by atoms with Gasteiger partial charge in [0.1, 0.15) is 12.4 Å². The number of ether oxygens (including phenoxy) is 1. The first kappa shape index (κ1) is 27.5. The molecule has 1 unspecified atom stereocenters. The minimum atomic E-state index is -4.41. The van der Waals surface area contributed by atoms with E-state index in [1.54, 1.807) is 4.90 Å². The highest BCUT2D eigenvalue weighted by atomic mass is 19.4. The van der Waals surface area contributed by atoms with E-state index in [-0.39, 0.29) is 17.5 Å². The molecule has 2 aliphatic rings. The van der Waals surface area contributed by atoms with Crippen LogP contribution in [0.3, 0.4) is 0 Å². The molecule has 1 N–H and O–H groups in total. The first-order valence-corrected chi connectivity index (χ1v) is 13.3. The van der Waals surface area contributed by atoms with Crippen LogP contribution in [0.5, 0.6) is 5.75 Å². The fourth-order valence-electron chi connectivity index (χ4n) is 5.47. The highest BCUT2D eigenvalue weighted by Crippen LogP contribution is 2.32. The van der Waals surface area contributed by atoms with Gasteiger partial charge in [-0.15, -0.1) is 0 Å². The molecule has 8 heteroatoms. The lowest BCUT2D eigenvalue weighted by molar-refractivity contribution is -0.137. The number of nitrogens with zero attached hydrogens (tertiary/aromatic N) is 2. The van der Waals surface area contributed by atoms with Crippen LogP contribution in [0.25, 0.3) is 0 Å². The van der Waals surface area contributed by atoms with Crippen molar-refractivity contribution in [2.75, 3.05) is 39.3 Å². The Hall–Kier alpha value is -2.58. The van der Waals surface area contributed by atoms with Crippen LogP contribution in [0.1, 0.15) is 71.3 Å². The van der Waals surface area contributed by atoms with Gasteiger partial charge in [0, 0.05) is 50.4 Å². The van der Waals surface area contributed by atoms with Crippen molar-refractivity contribution in [3.05, 3.63) is 64.2 Å². The zero-order valence-electron chi connectivity index (χ0n) is 22.0. The van der Waals surface area contributed by atoms with Gasteiger partial charge in [-0.25, -0.2) is 0 Å². The summed E-state index contributed by atoms with van der Waals surface area (Å²) in [6, 6.07) is 9.49. The second-order valence-corrected chi connectivity index (χ2v) is 10.3. The Morgan fingerprint density at radius 2 is 1.65 bits per heavy atom. The summed E-state index contributed by atoms with van der Waals surface area (Å²) in [7, 11) is 0. The minimum absolute atomic E-state index is 0.181. The highest BCUT2D eigenvalue weighted by Gasteiger charge is 2.31. The van der Waals surface area contributed by atoms with E-state index >= 15 is 0 Å². The second kappa shape index (κ2) is 11.9. The quantitative estimate of drug-likeness (QED) is 0.453. The Labute approximate surface area is 218 Å². The summed E-state index contributed by atoms with van der Waals surface area (Å²) in [6.45, 7) is 10.4. The van der Waals surface area contributed by atoms with Crippen LogP contribution in [0.4, 0.5) is 13.2 Å². The van der Waals surface area contributed by atoms with E-state index < -0.39 is 11.7 Å². The van der Waals surface area contributed by atoms with Crippen LogP contribution in [0.2, 0.25) is 0 Å². The molecule has 0 radical (unpaired) electrons. The van der Waals surface area contributed by atoms with Gasteiger partial charge in [0.2, 0.25) is 0 Å². The van der Waals surface area contributed by atoms with Gasteiger partial charge in [-0.3, -0.25) is 9.69 Å². The summed E-state index contributed by atoms with van der Waals surface area (Å²) in [5.41, 5.74) is 3.16. The number of nitrogens with one attached hydrogen (secondary N) is 1. The van der Waals surface area contributed by atoms with Crippen LogP contribution in [0.15, 0.2) is 36.4 Å². The molecular weight excluding hydrogens is 479 g/mol. The second-order valence-electron chi connectivity index (χ2n) is 10.3. The zero-order chi connectivity index (χ0) is 26.6. The first-order valence-electron chi connectivity index (χ1n) is 13.3. The lowest BCUT2D eigenvalue weighted by Crippen LogP contribution is -2.49. The number of carbonyl (C=O) groups is 1. The smallest absolute Gasteiger partial charge is 0.416 e. The molecule has 5 nitrogen and oxygen atoms in total. The lowest BCUT2D eigenvalue weighted by atomic mass is 9.96. The predicted molar refractivity (Wildman–Crippen MR) is 139 cm³/mol. The molecule has 1 atom stereocenters. The third kappa shape index (κ3) is 6.65. The molecule has 0 aromatic heterocycles. The molecule has 2 aromatic rings. The number of benzene rings is 2. The number of halogens is 3. The van der Waals surface area contributed by atoms with Crippen molar-refractivity contribution in [2.24, 2.45) is 0 Å². The molecule has 202 valence electrons. The van der Waals surface area contributed by atoms with E-state index in [9.17, 15) is 18.0 Å². The van der Waals surface area contributed by atoms with Crippen LogP contribution in [-0.2, 0) is 6.18 Å². The van der Waals surface area contributed by atoms with E-state index in [1.165, 1.54) is 48.9 Å². The number of hydrogen-bond acceptors (Lipinski definition) is 4. The summed E-state index contributed by atoms with van der Waals surface area (Å²) >= 11 is 0. The third-order valence-corrected chi connectivity index (χ3v) is 7.99. The number of piperazine rings is 1. The van der Waals surface area contributed by atoms with Gasteiger partial charge in [0.25, 0.3) is 5.91 Å². The molecule has 1 heterocycles. The number of amides is 1. The van der Waals surface area contributed by atoms with Crippen molar-refractivity contribution in [1.29, 1.82) is 0 Å². The average Bonchev–Trinajstić information content (AvgIpc) is 3.41. The molecule has 1 aliphatic carbocycles. The summed E-state index contributed by atoms with van der Waals surface area (Å²) in [6.07, 6.45) is 0.767. The van der Waals surface area contributed by atoms with Crippen LogP contribution >= 0.6 is 0 Å². The number of alkyl halides is 3. The summed E-state index contributed by atoms with van der Waals surface area (Å²) < 4.78 is 44.5. The third-order valence-electron chi connectivity index (χ3n) is 7.99. The Kier molecular flexibility index (Phi) is 8.80. The minimum Gasteiger partial charge on any atom is -0.492 e. The van der Waals surface area contributed by atoms with Gasteiger partial charge in [-0.2, -0.15) is 13.2 Å². The monoisotopic (exact) mass is 517 g/mol. The largest absolute Gasteiger partial charge is 0.492 e. The van der Waals surface area contributed by atoms with Gasteiger partial charge < -0.3 is 15.0 Å². The van der Waals surface area contributed by atoms with E-state index in [1.807, 2.05) is 0 Å². The predicted octanol–water partition coefficient (Wildman–Crippen LogP) is 5.75. The first-order chi connectivity index (χ1) is 17.6. The Morgan fingerprint density at radius 3 is 2.27 bits per heavy atom. The lowest BCUT2D eigenvalue weighted by Gasteiger charge is -2.39. The zero-order valence-corrected chi connectivity index (χ0v) is 22.0. The molecule has 4 rings (SSSR count). The number of hydrogen-bond donors (Lipinski definition) is 1.